The molecule has 1 aromatic rings. The molecule has 0 aliphatic rings. The first-order valence-corrected chi connectivity index (χ1v) is 5.64. The number of sulfonamides is 1. The molecule has 0 unspecified atom stereocenters. The van der Waals surface area contributed by atoms with E-state index in [1.165, 1.54) is 5.51 Å². The molecule has 12 heavy (non-hydrogen) atoms. The first-order chi connectivity index (χ1) is 5.64. The number of hydrogen-bond donors (Lipinski definition) is 2. The Morgan fingerprint density at radius 3 is 2.92 bits per heavy atom. The molecule has 6 nitrogen and oxygen atoms in total. The molecule has 0 aliphatic heterocycles. The van der Waals surface area contributed by atoms with Crippen molar-refractivity contribution in [3.05, 3.63) is 5.51 Å². The van der Waals surface area contributed by atoms with Gasteiger partial charge >= 0.3 is 0 Å². The molecule has 0 spiro atoms. The highest BCUT2D eigenvalue weighted by Crippen LogP contribution is 2.09. The van der Waals surface area contributed by atoms with Crippen molar-refractivity contribution in [2.45, 2.75) is 0 Å². The van der Waals surface area contributed by atoms with Gasteiger partial charge in [0.05, 0.1) is 5.75 Å². The van der Waals surface area contributed by atoms with Gasteiger partial charge < -0.3 is 5.73 Å². The molecule has 1 heterocycles. The molecule has 0 atom stereocenters. The number of nitrogens with one attached hydrogen (secondary N) is 1. The van der Waals surface area contributed by atoms with E-state index in [2.05, 4.69) is 14.9 Å². The minimum atomic E-state index is -3.32. The Morgan fingerprint density at radius 1 is 1.67 bits per heavy atom. The Hall–Kier alpha value is -0.730. The molecule has 8 heteroatoms. The summed E-state index contributed by atoms with van der Waals surface area (Å²) < 4.78 is 24.3. The standard InChI is InChI=1S/C4H8N4O2S2/c5-1-2-12(9,10)8-4-7-6-3-11-4/h3H,1-2,5H2,(H,7,8). The Bertz CT molecular complexity index is 319. The summed E-state index contributed by atoms with van der Waals surface area (Å²) in [4.78, 5) is 0. The van der Waals surface area contributed by atoms with Gasteiger partial charge in [-0.25, -0.2) is 8.42 Å². The van der Waals surface area contributed by atoms with Crippen molar-refractivity contribution in [1.29, 1.82) is 0 Å². The number of nitrogens with two attached hydrogens (primary N) is 1. The minimum absolute atomic E-state index is 0.0914. The highest BCUT2D eigenvalue weighted by Gasteiger charge is 2.09. The minimum Gasteiger partial charge on any atom is -0.329 e. The molecule has 0 fully saturated rings. The van der Waals surface area contributed by atoms with E-state index in [1.54, 1.807) is 0 Å². The summed E-state index contributed by atoms with van der Waals surface area (Å²) in [5.41, 5.74) is 6.54. The third-order valence-electron chi connectivity index (χ3n) is 0.989. The zero-order valence-corrected chi connectivity index (χ0v) is 7.73. The van der Waals surface area contributed by atoms with Crippen LogP contribution in [0.4, 0.5) is 5.13 Å². The van der Waals surface area contributed by atoms with Crippen LogP contribution in [0.5, 0.6) is 0 Å². The summed E-state index contributed by atoms with van der Waals surface area (Å²) in [5, 5.41) is 7.26. The van der Waals surface area contributed by atoms with Crippen LogP contribution in [0.15, 0.2) is 5.51 Å². The molecule has 68 valence electrons. The van der Waals surface area contributed by atoms with Crippen molar-refractivity contribution < 1.29 is 8.42 Å². The second-order valence-corrected chi connectivity index (χ2v) is 4.63. The summed E-state index contributed by atoms with van der Waals surface area (Å²) >= 11 is 1.12. The number of nitrogens with zero attached hydrogens (tertiary/aromatic N) is 2. The normalized spacial score (nSPS) is 11.4. The van der Waals surface area contributed by atoms with Gasteiger partial charge in [-0.15, -0.1) is 10.2 Å². The van der Waals surface area contributed by atoms with Crippen molar-refractivity contribution in [1.82, 2.24) is 10.2 Å². The molecule has 3 N–H and O–H groups in total. The van der Waals surface area contributed by atoms with Crippen molar-refractivity contribution in [2.75, 3.05) is 17.0 Å². The number of rotatable bonds is 4. The molecule has 1 rings (SSSR count). The van der Waals surface area contributed by atoms with E-state index in [-0.39, 0.29) is 17.4 Å². The monoisotopic (exact) mass is 208 g/mol. The van der Waals surface area contributed by atoms with Gasteiger partial charge in [-0.05, 0) is 0 Å². The largest absolute Gasteiger partial charge is 0.329 e. The maximum Gasteiger partial charge on any atom is 0.235 e. The van der Waals surface area contributed by atoms with Gasteiger partial charge in [0.1, 0.15) is 5.51 Å². The second kappa shape index (κ2) is 3.78. The Morgan fingerprint density at radius 2 is 2.42 bits per heavy atom. The lowest BCUT2D eigenvalue weighted by molar-refractivity contribution is 0.601. The fraction of sp³-hybridized carbons (Fsp3) is 0.500. The molecular formula is C4H8N4O2S2. The van der Waals surface area contributed by atoms with Gasteiger partial charge in [-0.3, -0.25) is 4.72 Å². The van der Waals surface area contributed by atoms with Crippen LogP contribution >= 0.6 is 11.3 Å². The Labute approximate surface area is 73.9 Å². The summed E-state index contributed by atoms with van der Waals surface area (Å²) in [5.74, 6) is -0.105. The average Bonchev–Trinajstić information content (AvgIpc) is 2.38. The van der Waals surface area contributed by atoms with Crippen LogP contribution in [-0.4, -0.2) is 30.9 Å². The van der Waals surface area contributed by atoms with Gasteiger partial charge in [0, 0.05) is 6.54 Å². The third kappa shape index (κ3) is 2.72. The molecule has 0 saturated carbocycles. The predicted molar refractivity (Wildman–Crippen MR) is 46.4 cm³/mol. The van der Waals surface area contributed by atoms with Crippen LogP contribution in [0.25, 0.3) is 0 Å². The lowest BCUT2D eigenvalue weighted by Crippen LogP contribution is -2.22. The molecule has 0 aliphatic carbocycles. The van der Waals surface area contributed by atoms with E-state index >= 15 is 0 Å². The number of anilines is 1. The summed E-state index contributed by atoms with van der Waals surface area (Å²) in [6, 6.07) is 0. The zero-order chi connectivity index (χ0) is 9.03. The van der Waals surface area contributed by atoms with Crippen LogP contribution in [0.3, 0.4) is 0 Å². The van der Waals surface area contributed by atoms with Gasteiger partial charge in [0.2, 0.25) is 15.2 Å². The van der Waals surface area contributed by atoms with Crippen molar-refractivity contribution >= 4 is 26.5 Å². The van der Waals surface area contributed by atoms with Gasteiger partial charge in [0.25, 0.3) is 0 Å². The first-order valence-electron chi connectivity index (χ1n) is 3.11. The lowest BCUT2D eigenvalue weighted by Gasteiger charge is -2.00. The van der Waals surface area contributed by atoms with E-state index in [4.69, 9.17) is 5.73 Å². The smallest absolute Gasteiger partial charge is 0.235 e. The number of aromatic nitrogens is 2. The summed E-state index contributed by atoms with van der Waals surface area (Å²) in [6.45, 7) is 0.0914. The highest BCUT2D eigenvalue weighted by atomic mass is 32.2. The molecule has 0 radical (unpaired) electrons. The van der Waals surface area contributed by atoms with Crippen molar-refractivity contribution in [3.63, 3.8) is 0 Å². The highest BCUT2D eigenvalue weighted by molar-refractivity contribution is 7.92. The molecule has 1 aromatic heterocycles. The number of hydrogen-bond acceptors (Lipinski definition) is 6. The SMILES string of the molecule is NCCS(=O)(=O)Nc1nncs1. The van der Waals surface area contributed by atoms with Crippen LogP contribution in [0, 0.1) is 0 Å². The third-order valence-corrected chi connectivity index (χ3v) is 3.00. The first kappa shape index (κ1) is 9.36. The van der Waals surface area contributed by atoms with Gasteiger partial charge in [0.15, 0.2) is 0 Å². The Kier molecular flexibility index (Phi) is 2.95. The predicted octanol–water partition coefficient (Wildman–Crippen LogP) is -0.762. The maximum absolute atomic E-state index is 11.0. The second-order valence-electron chi connectivity index (χ2n) is 1.95. The van der Waals surface area contributed by atoms with E-state index in [1.807, 2.05) is 0 Å². The Balaban J connectivity index is 2.63. The quantitative estimate of drug-likeness (QED) is 0.677. The van der Waals surface area contributed by atoms with Crippen LogP contribution in [-0.2, 0) is 10.0 Å². The van der Waals surface area contributed by atoms with E-state index < -0.39 is 10.0 Å². The van der Waals surface area contributed by atoms with E-state index in [0.29, 0.717) is 0 Å². The van der Waals surface area contributed by atoms with Gasteiger partial charge in [-0.1, -0.05) is 11.3 Å². The average molecular weight is 208 g/mol. The van der Waals surface area contributed by atoms with Crippen molar-refractivity contribution in [3.8, 4) is 0 Å². The van der Waals surface area contributed by atoms with Crippen molar-refractivity contribution in [2.24, 2.45) is 5.73 Å². The lowest BCUT2D eigenvalue weighted by atomic mass is 10.8. The maximum atomic E-state index is 11.0. The van der Waals surface area contributed by atoms with Crippen LogP contribution in [0.2, 0.25) is 0 Å². The zero-order valence-electron chi connectivity index (χ0n) is 6.10. The fourth-order valence-corrected chi connectivity index (χ4v) is 2.14. The molecule has 0 amide bonds. The summed E-state index contributed by atoms with van der Waals surface area (Å²) in [7, 11) is -3.32. The van der Waals surface area contributed by atoms with Crippen LogP contribution in [0.1, 0.15) is 0 Å². The fourth-order valence-electron chi connectivity index (χ4n) is 0.557. The molecule has 0 aromatic carbocycles. The summed E-state index contributed by atoms with van der Waals surface area (Å²) in [6.07, 6.45) is 0. The topological polar surface area (TPSA) is 98.0 Å². The molecule has 0 saturated heterocycles. The van der Waals surface area contributed by atoms with Crippen LogP contribution < -0.4 is 10.5 Å². The molecular weight excluding hydrogens is 200 g/mol. The van der Waals surface area contributed by atoms with E-state index in [9.17, 15) is 8.42 Å². The van der Waals surface area contributed by atoms with Gasteiger partial charge in [-0.2, -0.15) is 0 Å². The molecule has 0 bridgehead atoms. The van der Waals surface area contributed by atoms with E-state index in [0.717, 1.165) is 11.3 Å².